The number of rotatable bonds is 5. The number of nitrogens with zero attached hydrogens (tertiary/aromatic N) is 2. The monoisotopic (exact) mass is 351 g/mol. The van der Waals surface area contributed by atoms with E-state index in [9.17, 15) is 4.79 Å². The van der Waals surface area contributed by atoms with Crippen molar-refractivity contribution in [1.29, 1.82) is 0 Å². The van der Waals surface area contributed by atoms with E-state index in [1.807, 2.05) is 0 Å². The minimum Gasteiger partial charge on any atom is -0.349 e. The smallest absolute Gasteiger partial charge is 0.239 e. The van der Waals surface area contributed by atoms with Crippen LogP contribution in [0.25, 0.3) is 0 Å². The molecule has 4 rings (SSSR count). The highest BCUT2D eigenvalue weighted by molar-refractivity contribution is 5.82. The first-order chi connectivity index (χ1) is 12.3. The first-order valence-electron chi connectivity index (χ1n) is 10.2. The number of hydrazine groups is 1. The minimum absolute atomic E-state index is 0.0581. The van der Waals surface area contributed by atoms with Gasteiger partial charge in [-0.15, -0.1) is 0 Å². The number of likely N-dealkylation sites (tertiary alicyclic amines) is 1. The molecule has 3 unspecified atom stereocenters. The molecule has 0 radical (unpaired) electrons. The fourth-order valence-corrected chi connectivity index (χ4v) is 4.73. The van der Waals surface area contributed by atoms with Crippen molar-refractivity contribution in [2.24, 2.45) is 5.92 Å². The van der Waals surface area contributed by atoms with Crippen molar-refractivity contribution in [1.82, 2.24) is 26.1 Å². The molecule has 0 spiro atoms. The van der Waals surface area contributed by atoms with E-state index in [-0.39, 0.29) is 24.2 Å². The summed E-state index contributed by atoms with van der Waals surface area (Å²) in [4.78, 5) is 20.5. The van der Waals surface area contributed by atoms with Gasteiger partial charge in [0, 0.05) is 39.1 Å². The summed E-state index contributed by atoms with van der Waals surface area (Å²) in [5.74, 6) is 0.898. The average Bonchev–Trinajstić information content (AvgIpc) is 3.37. The van der Waals surface area contributed by atoms with Crippen molar-refractivity contribution in [3.05, 3.63) is 0 Å². The summed E-state index contributed by atoms with van der Waals surface area (Å²) < 4.78 is 0. The maximum atomic E-state index is 12.5. The topological polar surface area (TPSA) is 68.9 Å². The fourth-order valence-electron chi connectivity index (χ4n) is 4.73. The van der Waals surface area contributed by atoms with Gasteiger partial charge in [0.1, 0.15) is 12.3 Å². The Bertz CT molecular complexity index is 451. The Balaban J connectivity index is 1.18. The Morgan fingerprint density at radius 2 is 1.92 bits per heavy atom. The molecule has 25 heavy (non-hydrogen) atoms. The van der Waals surface area contributed by atoms with E-state index in [0.29, 0.717) is 0 Å². The SMILES string of the molecule is O=C(NC1CNN(CC2CCCCC2)C1)C1CC(N2CCCC2)ON1. The van der Waals surface area contributed by atoms with E-state index >= 15 is 0 Å². The molecule has 0 bridgehead atoms. The highest BCUT2D eigenvalue weighted by Crippen LogP contribution is 2.24. The Morgan fingerprint density at radius 3 is 2.72 bits per heavy atom. The first-order valence-corrected chi connectivity index (χ1v) is 10.2. The number of amides is 1. The van der Waals surface area contributed by atoms with Crippen LogP contribution in [0.3, 0.4) is 0 Å². The van der Waals surface area contributed by atoms with Gasteiger partial charge in [-0.1, -0.05) is 19.3 Å². The van der Waals surface area contributed by atoms with Crippen LogP contribution in [0.15, 0.2) is 0 Å². The standard InChI is InChI=1S/C18H33N5O2/c24-18(16-10-17(25-21-16)22-8-4-5-9-22)20-15-11-19-23(13-15)12-14-6-2-1-3-7-14/h14-17,19,21H,1-13H2,(H,20,24). The Hall–Kier alpha value is -0.730. The third kappa shape index (κ3) is 4.52. The molecule has 3 heterocycles. The molecule has 1 saturated carbocycles. The summed E-state index contributed by atoms with van der Waals surface area (Å²) in [5.41, 5.74) is 6.41. The van der Waals surface area contributed by atoms with E-state index in [4.69, 9.17) is 4.84 Å². The third-order valence-electron chi connectivity index (χ3n) is 6.20. The molecule has 1 aliphatic carbocycles. The second-order valence-corrected chi connectivity index (χ2v) is 8.20. The van der Waals surface area contributed by atoms with Crippen LogP contribution in [0, 0.1) is 5.92 Å². The van der Waals surface area contributed by atoms with E-state index in [0.717, 1.165) is 45.1 Å². The summed E-state index contributed by atoms with van der Waals surface area (Å²) in [6, 6.07) is -0.0262. The molecule has 0 aromatic rings. The quantitative estimate of drug-likeness (QED) is 0.674. The van der Waals surface area contributed by atoms with Crippen LogP contribution < -0.4 is 16.2 Å². The van der Waals surface area contributed by atoms with Gasteiger partial charge in [0.15, 0.2) is 0 Å². The predicted octanol–water partition coefficient (Wildman–Crippen LogP) is 0.587. The van der Waals surface area contributed by atoms with Crippen molar-refractivity contribution in [3.63, 3.8) is 0 Å². The lowest BCUT2D eigenvalue weighted by molar-refractivity contribution is -0.125. The van der Waals surface area contributed by atoms with Gasteiger partial charge in [-0.25, -0.2) is 5.01 Å². The highest BCUT2D eigenvalue weighted by Gasteiger charge is 2.36. The van der Waals surface area contributed by atoms with Crippen LogP contribution in [0.1, 0.15) is 51.4 Å². The van der Waals surface area contributed by atoms with E-state index < -0.39 is 0 Å². The zero-order valence-electron chi connectivity index (χ0n) is 15.2. The number of carbonyl (C=O) groups is 1. The number of nitrogens with one attached hydrogen (secondary N) is 3. The summed E-state index contributed by atoms with van der Waals surface area (Å²) in [6.45, 7) is 5.04. The van der Waals surface area contributed by atoms with Crippen LogP contribution in [0.2, 0.25) is 0 Å². The van der Waals surface area contributed by atoms with Crippen LogP contribution in [0.5, 0.6) is 0 Å². The maximum absolute atomic E-state index is 12.5. The molecule has 0 aromatic heterocycles. The molecule has 3 saturated heterocycles. The zero-order valence-corrected chi connectivity index (χ0v) is 15.2. The second kappa shape index (κ2) is 8.31. The lowest BCUT2D eigenvalue weighted by Gasteiger charge is -2.26. The predicted molar refractivity (Wildman–Crippen MR) is 95.3 cm³/mol. The highest BCUT2D eigenvalue weighted by atomic mass is 16.7. The van der Waals surface area contributed by atoms with Crippen LogP contribution in [-0.2, 0) is 9.63 Å². The van der Waals surface area contributed by atoms with Gasteiger partial charge >= 0.3 is 0 Å². The lowest BCUT2D eigenvalue weighted by atomic mass is 9.89. The molecule has 1 amide bonds. The number of hydrogen-bond acceptors (Lipinski definition) is 6. The Kier molecular flexibility index (Phi) is 5.87. The van der Waals surface area contributed by atoms with Gasteiger partial charge in [-0.05, 0) is 31.6 Å². The number of hydroxylamine groups is 1. The van der Waals surface area contributed by atoms with Crippen LogP contribution in [-0.4, -0.2) is 66.9 Å². The van der Waals surface area contributed by atoms with E-state index in [1.165, 1.54) is 44.9 Å². The van der Waals surface area contributed by atoms with E-state index in [1.54, 1.807) is 0 Å². The summed E-state index contributed by atoms with van der Waals surface area (Å²) in [7, 11) is 0. The largest absolute Gasteiger partial charge is 0.349 e. The molecule has 0 aromatic carbocycles. The molecule has 142 valence electrons. The van der Waals surface area contributed by atoms with Crippen molar-refractivity contribution in [2.45, 2.75) is 69.7 Å². The Morgan fingerprint density at radius 1 is 1.12 bits per heavy atom. The normalized spacial score (nSPS) is 35.4. The van der Waals surface area contributed by atoms with Gasteiger partial charge in [0.2, 0.25) is 5.91 Å². The molecule has 3 aliphatic heterocycles. The minimum atomic E-state index is -0.224. The first kappa shape index (κ1) is 17.7. The maximum Gasteiger partial charge on any atom is 0.239 e. The zero-order chi connectivity index (χ0) is 17.1. The van der Waals surface area contributed by atoms with Crippen molar-refractivity contribution >= 4 is 5.91 Å². The van der Waals surface area contributed by atoms with Gasteiger partial charge in [0.05, 0.1) is 6.04 Å². The van der Waals surface area contributed by atoms with Gasteiger partial charge < -0.3 is 5.32 Å². The van der Waals surface area contributed by atoms with Crippen LogP contribution in [0.4, 0.5) is 0 Å². The van der Waals surface area contributed by atoms with Crippen molar-refractivity contribution in [2.75, 3.05) is 32.7 Å². The Labute approximate surface area is 150 Å². The van der Waals surface area contributed by atoms with Gasteiger partial charge in [0.25, 0.3) is 0 Å². The second-order valence-electron chi connectivity index (χ2n) is 8.20. The lowest BCUT2D eigenvalue weighted by Crippen LogP contribution is -2.47. The molecule has 7 heteroatoms. The summed E-state index contributed by atoms with van der Waals surface area (Å²) in [6.07, 6.45) is 10.2. The molecule has 3 N–H and O–H groups in total. The third-order valence-corrected chi connectivity index (χ3v) is 6.20. The average molecular weight is 351 g/mol. The van der Waals surface area contributed by atoms with Gasteiger partial charge in [-0.3, -0.25) is 20.0 Å². The summed E-state index contributed by atoms with van der Waals surface area (Å²) in [5, 5.41) is 5.51. The van der Waals surface area contributed by atoms with Crippen LogP contribution >= 0.6 is 0 Å². The van der Waals surface area contributed by atoms with Crippen molar-refractivity contribution in [3.8, 4) is 0 Å². The van der Waals surface area contributed by atoms with Gasteiger partial charge in [-0.2, -0.15) is 5.48 Å². The summed E-state index contributed by atoms with van der Waals surface area (Å²) >= 11 is 0. The fraction of sp³-hybridized carbons (Fsp3) is 0.944. The van der Waals surface area contributed by atoms with E-state index in [2.05, 4.69) is 26.1 Å². The molecule has 3 atom stereocenters. The molecule has 7 nitrogen and oxygen atoms in total. The number of hydrogen-bond donors (Lipinski definition) is 3. The molecule has 4 aliphatic rings. The molecule has 4 fully saturated rings. The number of carbonyl (C=O) groups excluding carboxylic acids is 1. The van der Waals surface area contributed by atoms with Crippen molar-refractivity contribution < 1.29 is 9.63 Å². The molecular formula is C18H33N5O2. The molecular weight excluding hydrogens is 318 g/mol.